The average molecular weight is 360 g/mol. The molecule has 0 saturated carbocycles. The summed E-state index contributed by atoms with van der Waals surface area (Å²) in [6.07, 6.45) is 0. The number of nitrogens with zero attached hydrogens (tertiary/aromatic N) is 3. The van der Waals surface area contributed by atoms with Crippen LogP contribution in [0.5, 0.6) is 5.75 Å². The monoisotopic (exact) mass is 360 g/mol. The topological polar surface area (TPSA) is 115 Å². The summed E-state index contributed by atoms with van der Waals surface area (Å²) in [6.45, 7) is 1.75. The minimum absolute atomic E-state index is 0.0294. The molecule has 2 aromatic carbocycles. The van der Waals surface area contributed by atoms with Crippen LogP contribution in [-0.2, 0) is 0 Å². The second kappa shape index (κ2) is 7.14. The van der Waals surface area contributed by atoms with Crippen LogP contribution in [0.1, 0.15) is 11.3 Å². The van der Waals surface area contributed by atoms with Gasteiger partial charge in [-0.25, -0.2) is 4.98 Å². The zero-order valence-corrected chi connectivity index (χ0v) is 14.8. The molecular formula is C20H16N4O3. The Hall–Kier alpha value is -3.92. The van der Waals surface area contributed by atoms with E-state index < -0.39 is 4.92 Å². The third kappa shape index (κ3) is 3.04. The number of nitro groups is 1. The van der Waals surface area contributed by atoms with Gasteiger partial charge in [-0.15, -0.1) is 0 Å². The Kier molecular flexibility index (Phi) is 4.73. The molecule has 1 heterocycles. The molecule has 134 valence electrons. The number of hydrogen-bond donors (Lipinski definition) is 1. The Balaban J connectivity index is 2.51. The van der Waals surface area contributed by atoms with Crippen molar-refractivity contribution in [3.63, 3.8) is 0 Å². The molecule has 7 heteroatoms. The van der Waals surface area contributed by atoms with Crippen LogP contribution in [0.4, 0.5) is 11.5 Å². The van der Waals surface area contributed by atoms with Crippen LogP contribution in [0.15, 0.2) is 48.5 Å². The molecule has 2 N–H and O–H groups in total. The number of rotatable bonds is 4. The van der Waals surface area contributed by atoms with E-state index in [2.05, 4.69) is 11.1 Å². The predicted molar refractivity (Wildman–Crippen MR) is 102 cm³/mol. The summed E-state index contributed by atoms with van der Waals surface area (Å²) >= 11 is 0. The van der Waals surface area contributed by atoms with Gasteiger partial charge in [0.05, 0.1) is 17.6 Å². The van der Waals surface area contributed by atoms with Crippen molar-refractivity contribution in [2.45, 2.75) is 6.92 Å². The molecule has 1 aromatic heterocycles. The van der Waals surface area contributed by atoms with E-state index in [0.717, 1.165) is 0 Å². The molecule has 0 radical (unpaired) electrons. The van der Waals surface area contributed by atoms with Gasteiger partial charge in [-0.2, -0.15) is 5.26 Å². The highest BCUT2D eigenvalue weighted by atomic mass is 16.6. The number of aromatic nitrogens is 1. The van der Waals surface area contributed by atoms with Crippen molar-refractivity contribution in [2.24, 2.45) is 0 Å². The van der Waals surface area contributed by atoms with Crippen LogP contribution in [0.2, 0.25) is 0 Å². The summed E-state index contributed by atoms with van der Waals surface area (Å²) in [5.41, 5.74) is 8.43. The van der Waals surface area contributed by atoms with Crippen LogP contribution >= 0.6 is 0 Å². The number of para-hydroxylation sites is 2. The highest BCUT2D eigenvalue weighted by Crippen LogP contribution is 2.44. The van der Waals surface area contributed by atoms with Crippen LogP contribution in [0.25, 0.3) is 22.3 Å². The quantitative estimate of drug-likeness (QED) is 0.553. The van der Waals surface area contributed by atoms with Crippen molar-refractivity contribution in [3.05, 3.63) is 69.9 Å². The Bertz CT molecular complexity index is 1090. The molecule has 0 fully saturated rings. The summed E-state index contributed by atoms with van der Waals surface area (Å²) in [7, 11) is 1.54. The predicted octanol–water partition coefficient (Wildman–Crippen LogP) is 4.09. The van der Waals surface area contributed by atoms with Gasteiger partial charge in [0.25, 0.3) is 5.69 Å². The van der Waals surface area contributed by atoms with Crippen molar-refractivity contribution < 1.29 is 9.66 Å². The maximum absolute atomic E-state index is 11.6. The normalized spacial score (nSPS) is 10.3. The number of nitriles is 1. The highest BCUT2D eigenvalue weighted by Gasteiger charge is 2.26. The maximum Gasteiger partial charge on any atom is 0.277 e. The van der Waals surface area contributed by atoms with Crippen molar-refractivity contribution in [1.82, 2.24) is 4.98 Å². The standard InChI is InChI=1S/C20H16N4O3/c1-12-18(14-8-4-6-10-17(14)27-2)19(15(11-21)20(22)23-12)13-7-3-5-9-16(13)24(25)26/h3-10H,1-2H3,(H2,22,23). The number of ether oxygens (including phenoxy) is 1. The summed E-state index contributed by atoms with van der Waals surface area (Å²) in [5, 5.41) is 21.3. The minimum Gasteiger partial charge on any atom is -0.496 e. The van der Waals surface area contributed by atoms with Crippen molar-refractivity contribution >= 4 is 11.5 Å². The number of aryl methyl sites for hydroxylation is 1. The van der Waals surface area contributed by atoms with E-state index in [0.29, 0.717) is 33.7 Å². The second-order valence-corrected chi connectivity index (χ2v) is 5.79. The molecule has 3 rings (SSSR count). The molecule has 7 nitrogen and oxygen atoms in total. The molecule has 0 aliphatic carbocycles. The third-order valence-corrected chi connectivity index (χ3v) is 4.26. The number of methoxy groups -OCH3 is 1. The van der Waals surface area contributed by atoms with E-state index in [1.165, 1.54) is 13.2 Å². The molecule has 27 heavy (non-hydrogen) atoms. The first kappa shape index (κ1) is 17.9. The number of anilines is 1. The molecule has 0 unspecified atom stereocenters. The summed E-state index contributed by atoms with van der Waals surface area (Å²) in [6, 6.07) is 15.5. The molecule has 0 aliphatic rings. The van der Waals surface area contributed by atoms with Crippen molar-refractivity contribution in [3.8, 4) is 34.1 Å². The van der Waals surface area contributed by atoms with Gasteiger partial charge < -0.3 is 10.5 Å². The first-order valence-corrected chi connectivity index (χ1v) is 8.07. The van der Waals surface area contributed by atoms with Crippen molar-refractivity contribution in [1.29, 1.82) is 5.26 Å². The smallest absolute Gasteiger partial charge is 0.277 e. The molecule has 0 spiro atoms. The fraction of sp³-hybridized carbons (Fsp3) is 0.100. The van der Waals surface area contributed by atoms with Gasteiger partial charge in [0.15, 0.2) is 0 Å². The average Bonchev–Trinajstić information content (AvgIpc) is 2.67. The molecule has 0 amide bonds. The van der Waals surface area contributed by atoms with Crippen LogP contribution < -0.4 is 10.5 Å². The van der Waals surface area contributed by atoms with Crippen LogP contribution in [0, 0.1) is 28.4 Å². The number of hydrogen-bond acceptors (Lipinski definition) is 6. The van der Waals surface area contributed by atoms with Gasteiger partial charge in [-0.3, -0.25) is 10.1 Å². The number of nitro benzene ring substituents is 1. The number of nitrogen functional groups attached to an aromatic ring is 1. The lowest BCUT2D eigenvalue weighted by Gasteiger charge is -2.18. The SMILES string of the molecule is COc1ccccc1-c1c(C)nc(N)c(C#N)c1-c1ccccc1[N+](=O)[O-]. The molecule has 3 aromatic rings. The molecule has 0 atom stereocenters. The van der Waals surface area contributed by atoms with Crippen molar-refractivity contribution in [2.75, 3.05) is 12.8 Å². The fourth-order valence-corrected chi connectivity index (χ4v) is 3.13. The van der Waals surface area contributed by atoms with E-state index >= 15 is 0 Å². The lowest BCUT2D eigenvalue weighted by Crippen LogP contribution is -2.05. The fourth-order valence-electron chi connectivity index (χ4n) is 3.13. The lowest BCUT2D eigenvalue weighted by molar-refractivity contribution is -0.384. The lowest BCUT2D eigenvalue weighted by atomic mass is 9.89. The Labute approximate surface area is 155 Å². The van der Waals surface area contributed by atoms with E-state index in [-0.39, 0.29) is 17.1 Å². The molecule has 0 bridgehead atoms. The molecular weight excluding hydrogens is 344 g/mol. The zero-order chi connectivity index (χ0) is 19.6. The minimum atomic E-state index is -0.478. The summed E-state index contributed by atoms with van der Waals surface area (Å²) in [4.78, 5) is 15.4. The van der Waals surface area contributed by atoms with Gasteiger partial charge in [-0.05, 0) is 19.1 Å². The second-order valence-electron chi connectivity index (χ2n) is 5.79. The first-order valence-electron chi connectivity index (χ1n) is 8.07. The van der Waals surface area contributed by atoms with Gasteiger partial charge in [0.2, 0.25) is 0 Å². The highest BCUT2D eigenvalue weighted by molar-refractivity contribution is 5.95. The van der Waals surface area contributed by atoms with Gasteiger partial charge >= 0.3 is 0 Å². The molecule has 0 aliphatic heterocycles. The van der Waals surface area contributed by atoms with E-state index in [4.69, 9.17) is 10.5 Å². The Morgan fingerprint density at radius 1 is 1.11 bits per heavy atom. The van der Waals surface area contributed by atoms with E-state index in [1.807, 2.05) is 18.2 Å². The van der Waals surface area contributed by atoms with Gasteiger partial charge in [-0.1, -0.05) is 30.3 Å². The Morgan fingerprint density at radius 2 is 1.74 bits per heavy atom. The maximum atomic E-state index is 11.6. The number of benzene rings is 2. The van der Waals surface area contributed by atoms with E-state index in [9.17, 15) is 15.4 Å². The number of pyridine rings is 1. The van der Waals surface area contributed by atoms with Crippen LogP contribution in [0.3, 0.4) is 0 Å². The molecule has 0 saturated heterocycles. The summed E-state index contributed by atoms with van der Waals surface area (Å²) in [5.74, 6) is 0.595. The number of nitrogens with two attached hydrogens (primary N) is 1. The van der Waals surface area contributed by atoms with E-state index in [1.54, 1.807) is 31.2 Å². The first-order chi connectivity index (χ1) is 13.0. The Morgan fingerprint density at radius 3 is 2.37 bits per heavy atom. The zero-order valence-electron chi connectivity index (χ0n) is 14.8. The van der Waals surface area contributed by atoms with Crippen LogP contribution in [-0.4, -0.2) is 17.0 Å². The largest absolute Gasteiger partial charge is 0.496 e. The van der Waals surface area contributed by atoms with Gasteiger partial charge in [0, 0.05) is 28.5 Å². The summed E-state index contributed by atoms with van der Waals surface area (Å²) < 4.78 is 5.45. The third-order valence-electron chi connectivity index (χ3n) is 4.26. The van der Waals surface area contributed by atoms with Gasteiger partial charge in [0.1, 0.15) is 23.2 Å².